The number of halogens is 1. The molecule has 0 spiro atoms. The maximum absolute atomic E-state index is 11.3. The van der Waals surface area contributed by atoms with Crippen LogP contribution in [0.15, 0.2) is 48.5 Å². The normalized spacial score (nSPS) is 14.2. The van der Waals surface area contributed by atoms with Crippen molar-refractivity contribution in [3.8, 4) is 5.75 Å². The summed E-state index contributed by atoms with van der Waals surface area (Å²) in [6.45, 7) is 1.99. The van der Waals surface area contributed by atoms with E-state index in [1.54, 1.807) is 6.07 Å². The molecule has 6 N–H and O–H groups in total. The van der Waals surface area contributed by atoms with Gasteiger partial charge in [-0.15, -0.1) is 12.4 Å². The summed E-state index contributed by atoms with van der Waals surface area (Å²) in [7, 11) is 0. The van der Waals surface area contributed by atoms with Crippen LogP contribution in [0.5, 0.6) is 5.75 Å². The van der Waals surface area contributed by atoms with Crippen molar-refractivity contribution in [2.24, 2.45) is 17.4 Å². The molecular formula is C19H25ClN2O3. The predicted molar refractivity (Wildman–Crippen MR) is 101 cm³/mol. The number of amides is 1. The monoisotopic (exact) mass is 364 g/mol. The van der Waals surface area contributed by atoms with Crippen LogP contribution in [0.2, 0.25) is 0 Å². The SMILES string of the molecule is CC(CCc1ccccc1)C(N)C(O)c1ccc(O)c(C(N)=O)c1.Cl. The third-order valence-electron chi connectivity index (χ3n) is 4.38. The van der Waals surface area contributed by atoms with Crippen molar-refractivity contribution >= 4 is 18.3 Å². The van der Waals surface area contributed by atoms with Gasteiger partial charge in [0.1, 0.15) is 5.75 Å². The van der Waals surface area contributed by atoms with Gasteiger partial charge in [0.25, 0.3) is 5.91 Å². The molecule has 0 heterocycles. The first kappa shape index (κ1) is 21.0. The van der Waals surface area contributed by atoms with Crippen molar-refractivity contribution in [3.63, 3.8) is 0 Å². The Hall–Kier alpha value is -2.08. The van der Waals surface area contributed by atoms with Crippen molar-refractivity contribution < 1.29 is 15.0 Å². The van der Waals surface area contributed by atoms with Crippen LogP contribution < -0.4 is 11.5 Å². The van der Waals surface area contributed by atoms with Gasteiger partial charge in [-0.1, -0.05) is 43.3 Å². The fourth-order valence-corrected chi connectivity index (χ4v) is 2.70. The van der Waals surface area contributed by atoms with E-state index in [1.807, 2.05) is 25.1 Å². The van der Waals surface area contributed by atoms with Gasteiger partial charge in [-0.2, -0.15) is 0 Å². The first-order valence-corrected chi connectivity index (χ1v) is 8.00. The van der Waals surface area contributed by atoms with Gasteiger partial charge in [-0.05, 0) is 42.0 Å². The Kier molecular flexibility index (Phi) is 7.90. The third kappa shape index (κ3) is 5.46. The van der Waals surface area contributed by atoms with E-state index in [1.165, 1.54) is 17.7 Å². The molecule has 2 rings (SSSR count). The van der Waals surface area contributed by atoms with Gasteiger partial charge in [0.05, 0.1) is 11.7 Å². The lowest BCUT2D eigenvalue weighted by Crippen LogP contribution is -2.35. The quantitative estimate of drug-likeness (QED) is 0.605. The second-order valence-electron chi connectivity index (χ2n) is 6.16. The highest BCUT2D eigenvalue weighted by Gasteiger charge is 2.24. The van der Waals surface area contributed by atoms with Crippen LogP contribution in [0, 0.1) is 5.92 Å². The molecule has 3 unspecified atom stereocenters. The van der Waals surface area contributed by atoms with E-state index < -0.39 is 18.1 Å². The maximum Gasteiger partial charge on any atom is 0.252 e. The first-order valence-electron chi connectivity index (χ1n) is 8.00. The number of aromatic hydroxyl groups is 1. The van der Waals surface area contributed by atoms with E-state index in [-0.39, 0.29) is 29.6 Å². The maximum atomic E-state index is 11.3. The highest BCUT2D eigenvalue weighted by molar-refractivity contribution is 5.95. The summed E-state index contributed by atoms with van der Waals surface area (Å²) in [5.74, 6) is -0.873. The molecule has 2 aromatic carbocycles. The third-order valence-corrected chi connectivity index (χ3v) is 4.38. The summed E-state index contributed by atoms with van der Waals surface area (Å²) in [5.41, 5.74) is 13.1. The Morgan fingerprint density at radius 2 is 1.80 bits per heavy atom. The second kappa shape index (κ2) is 9.42. The number of rotatable bonds is 7. The van der Waals surface area contributed by atoms with E-state index in [0.29, 0.717) is 5.56 Å². The zero-order valence-electron chi connectivity index (χ0n) is 14.1. The van der Waals surface area contributed by atoms with Crippen molar-refractivity contribution in [1.82, 2.24) is 0 Å². The molecule has 0 aromatic heterocycles. The average Bonchev–Trinajstić information content (AvgIpc) is 2.59. The van der Waals surface area contributed by atoms with Crippen LogP contribution in [0.4, 0.5) is 0 Å². The van der Waals surface area contributed by atoms with Crippen molar-refractivity contribution in [3.05, 3.63) is 65.2 Å². The van der Waals surface area contributed by atoms with Crippen LogP contribution in [-0.2, 0) is 6.42 Å². The molecule has 0 aliphatic rings. The first-order chi connectivity index (χ1) is 11.4. The molecule has 6 heteroatoms. The molecule has 0 saturated heterocycles. The number of aliphatic hydroxyl groups is 1. The minimum absolute atomic E-state index is 0. The molecule has 2 aromatic rings. The van der Waals surface area contributed by atoms with Gasteiger partial charge in [0.15, 0.2) is 0 Å². The molecule has 3 atom stereocenters. The number of primary amides is 1. The molecule has 136 valence electrons. The molecule has 0 aliphatic carbocycles. The number of benzene rings is 2. The summed E-state index contributed by atoms with van der Waals surface area (Å²) in [5, 5.41) is 20.1. The highest BCUT2D eigenvalue weighted by Crippen LogP contribution is 2.27. The molecule has 0 bridgehead atoms. The Balaban J connectivity index is 0.00000312. The zero-order chi connectivity index (χ0) is 17.7. The number of hydrogen-bond donors (Lipinski definition) is 4. The Morgan fingerprint density at radius 3 is 2.40 bits per heavy atom. The number of carbonyl (C=O) groups excluding carboxylic acids is 1. The number of hydrogen-bond acceptors (Lipinski definition) is 4. The fourth-order valence-electron chi connectivity index (χ4n) is 2.70. The van der Waals surface area contributed by atoms with Gasteiger partial charge < -0.3 is 21.7 Å². The lowest BCUT2D eigenvalue weighted by molar-refractivity contribution is 0.0996. The lowest BCUT2D eigenvalue weighted by Gasteiger charge is -2.25. The number of nitrogens with two attached hydrogens (primary N) is 2. The highest BCUT2D eigenvalue weighted by atomic mass is 35.5. The Morgan fingerprint density at radius 1 is 1.16 bits per heavy atom. The van der Waals surface area contributed by atoms with Gasteiger partial charge in [0.2, 0.25) is 0 Å². The molecule has 0 radical (unpaired) electrons. The molecule has 0 aliphatic heterocycles. The molecule has 0 saturated carbocycles. The molecule has 25 heavy (non-hydrogen) atoms. The second-order valence-corrected chi connectivity index (χ2v) is 6.16. The van der Waals surface area contributed by atoms with Crippen LogP contribution in [-0.4, -0.2) is 22.2 Å². The van der Waals surface area contributed by atoms with Gasteiger partial charge in [-0.25, -0.2) is 0 Å². The molecule has 0 fully saturated rings. The van der Waals surface area contributed by atoms with Crippen LogP contribution in [0.3, 0.4) is 0 Å². The lowest BCUT2D eigenvalue weighted by atomic mass is 9.88. The zero-order valence-corrected chi connectivity index (χ0v) is 14.9. The minimum atomic E-state index is -0.936. The largest absolute Gasteiger partial charge is 0.507 e. The van der Waals surface area contributed by atoms with Gasteiger partial charge >= 0.3 is 0 Å². The van der Waals surface area contributed by atoms with Crippen LogP contribution >= 0.6 is 12.4 Å². The summed E-state index contributed by atoms with van der Waals surface area (Å²) in [6, 6.07) is 13.9. The van der Waals surface area contributed by atoms with E-state index in [4.69, 9.17) is 11.5 Å². The van der Waals surface area contributed by atoms with Gasteiger partial charge in [0, 0.05) is 6.04 Å². The Bertz CT molecular complexity index is 694. The summed E-state index contributed by atoms with van der Waals surface area (Å²) in [4.78, 5) is 11.3. The van der Waals surface area contributed by atoms with E-state index >= 15 is 0 Å². The summed E-state index contributed by atoms with van der Waals surface area (Å²) in [6.07, 6.45) is 0.780. The van der Waals surface area contributed by atoms with Crippen LogP contribution in [0.1, 0.15) is 40.9 Å². The van der Waals surface area contributed by atoms with E-state index in [9.17, 15) is 15.0 Å². The fraction of sp³-hybridized carbons (Fsp3) is 0.316. The number of carbonyl (C=O) groups is 1. The number of aliphatic hydroxyl groups excluding tert-OH is 1. The van der Waals surface area contributed by atoms with Crippen molar-refractivity contribution in [1.29, 1.82) is 0 Å². The Labute approximate surface area is 154 Å². The van der Waals surface area contributed by atoms with Gasteiger partial charge in [-0.3, -0.25) is 4.79 Å². The van der Waals surface area contributed by atoms with Crippen molar-refractivity contribution in [2.75, 3.05) is 0 Å². The minimum Gasteiger partial charge on any atom is -0.507 e. The molecule has 5 nitrogen and oxygen atoms in total. The summed E-state index contributed by atoms with van der Waals surface area (Å²) >= 11 is 0. The molecular weight excluding hydrogens is 340 g/mol. The summed E-state index contributed by atoms with van der Waals surface area (Å²) < 4.78 is 0. The van der Waals surface area contributed by atoms with Crippen LogP contribution in [0.25, 0.3) is 0 Å². The smallest absolute Gasteiger partial charge is 0.252 e. The number of aryl methyl sites for hydroxylation is 1. The topological polar surface area (TPSA) is 110 Å². The van der Waals surface area contributed by atoms with E-state index in [2.05, 4.69) is 12.1 Å². The average molecular weight is 365 g/mol. The number of phenols is 1. The predicted octanol–water partition coefficient (Wildman–Crippen LogP) is 2.54. The standard InChI is InChI=1S/C19H24N2O3.ClH/c1-12(7-8-13-5-3-2-4-6-13)17(20)18(23)14-9-10-16(22)15(11-14)19(21)24;/h2-6,9-12,17-18,22-23H,7-8,20H2,1H3,(H2,21,24);1H. The van der Waals surface area contributed by atoms with E-state index in [0.717, 1.165) is 12.8 Å². The van der Waals surface area contributed by atoms with Crippen molar-refractivity contribution in [2.45, 2.75) is 31.9 Å². The molecule has 1 amide bonds.